The summed E-state index contributed by atoms with van der Waals surface area (Å²) in [7, 11) is 0. The number of imide groups is 2. The van der Waals surface area contributed by atoms with E-state index in [0.29, 0.717) is 17.0 Å². The first-order valence-corrected chi connectivity index (χ1v) is 11.2. The normalized spacial score (nSPS) is 15.0. The van der Waals surface area contributed by atoms with E-state index in [9.17, 15) is 19.2 Å². The SMILES string of the molecule is Cc1cccc(NC(=O)Cn2cc(/C=C3\C(=O)NC(=O)N(Cc4ccco4)C3=O)c3ccccc32)c1. The lowest BCUT2D eigenvalue weighted by Crippen LogP contribution is -2.53. The molecule has 0 unspecified atom stereocenters. The van der Waals surface area contributed by atoms with Crippen LogP contribution in [0.5, 0.6) is 0 Å². The molecule has 2 aromatic heterocycles. The summed E-state index contributed by atoms with van der Waals surface area (Å²) in [4.78, 5) is 51.6. The molecule has 1 saturated heterocycles. The molecule has 2 N–H and O–H groups in total. The first-order chi connectivity index (χ1) is 17.4. The molecule has 3 heterocycles. The monoisotopic (exact) mass is 482 g/mol. The number of fused-ring (bicyclic) bond motifs is 1. The highest BCUT2D eigenvalue weighted by Crippen LogP contribution is 2.25. The number of barbiturate groups is 1. The summed E-state index contributed by atoms with van der Waals surface area (Å²) in [5.74, 6) is -1.32. The second-order valence-corrected chi connectivity index (χ2v) is 8.44. The van der Waals surface area contributed by atoms with Gasteiger partial charge >= 0.3 is 6.03 Å². The van der Waals surface area contributed by atoms with Gasteiger partial charge in [-0.05, 0) is 48.9 Å². The molecule has 180 valence electrons. The van der Waals surface area contributed by atoms with E-state index in [1.807, 2.05) is 55.5 Å². The molecule has 9 heteroatoms. The Labute approximate surface area is 206 Å². The molecule has 0 atom stereocenters. The van der Waals surface area contributed by atoms with Gasteiger partial charge in [-0.25, -0.2) is 4.79 Å². The summed E-state index contributed by atoms with van der Waals surface area (Å²) >= 11 is 0. The first-order valence-electron chi connectivity index (χ1n) is 11.2. The Kier molecular flexibility index (Phi) is 5.95. The van der Waals surface area contributed by atoms with Crippen LogP contribution in [-0.2, 0) is 27.5 Å². The van der Waals surface area contributed by atoms with E-state index in [2.05, 4.69) is 10.6 Å². The lowest BCUT2D eigenvalue weighted by atomic mass is 10.1. The highest BCUT2D eigenvalue weighted by Gasteiger charge is 2.36. The summed E-state index contributed by atoms with van der Waals surface area (Å²) in [6.45, 7) is 1.87. The van der Waals surface area contributed by atoms with Gasteiger partial charge in [0.1, 0.15) is 17.9 Å². The predicted molar refractivity (Wildman–Crippen MR) is 133 cm³/mol. The van der Waals surface area contributed by atoms with Crippen LogP contribution in [0.1, 0.15) is 16.9 Å². The smallest absolute Gasteiger partial charge is 0.331 e. The fraction of sp³-hybridized carbons (Fsp3) is 0.111. The minimum absolute atomic E-state index is 0.0286. The van der Waals surface area contributed by atoms with E-state index >= 15 is 0 Å². The van der Waals surface area contributed by atoms with Crippen molar-refractivity contribution in [2.45, 2.75) is 20.0 Å². The highest BCUT2D eigenvalue weighted by molar-refractivity contribution is 6.31. The molecule has 36 heavy (non-hydrogen) atoms. The van der Waals surface area contributed by atoms with Gasteiger partial charge in [-0.2, -0.15) is 0 Å². The van der Waals surface area contributed by atoms with Gasteiger partial charge < -0.3 is 14.3 Å². The molecule has 0 bridgehead atoms. The fourth-order valence-electron chi connectivity index (χ4n) is 4.15. The second-order valence-electron chi connectivity index (χ2n) is 8.44. The van der Waals surface area contributed by atoms with Gasteiger partial charge in [-0.3, -0.25) is 24.6 Å². The van der Waals surface area contributed by atoms with Crippen LogP contribution < -0.4 is 10.6 Å². The minimum atomic E-state index is -0.811. The Morgan fingerprint density at radius 3 is 2.67 bits per heavy atom. The molecule has 0 spiro atoms. The standard InChI is InChI=1S/C27H22N4O5/c1-17-6-4-7-19(12-17)28-24(32)16-30-14-18(21-9-2-3-10-23(21)30)13-22-25(33)29-27(35)31(26(22)34)15-20-8-5-11-36-20/h2-14H,15-16H2,1H3,(H,28,32)(H,29,33,35)/b22-13+. The van der Waals surface area contributed by atoms with Crippen molar-refractivity contribution in [2.24, 2.45) is 0 Å². The lowest BCUT2D eigenvalue weighted by molar-refractivity contribution is -0.130. The van der Waals surface area contributed by atoms with E-state index in [-0.39, 0.29) is 24.6 Å². The zero-order valence-electron chi connectivity index (χ0n) is 19.4. The van der Waals surface area contributed by atoms with Crippen LogP contribution in [0.15, 0.2) is 83.1 Å². The molecule has 1 aliphatic rings. The quantitative estimate of drug-likeness (QED) is 0.320. The molecule has 0 radical (unpaired) electrons. The van der Waals surface area contributed by atoms with Gasteiger partial charge in [-0.1, -0.05) is 30.3 Å². The Balaban J connectivity index is 1.45. The van der Waals surface area contributed by atoms with Gasteiger partial charge in [0.05, 0.1) is 12.8 Å². The number of aromatic nitrogens is 1. The summed E-state index contributed by atoms with van der Waals surface area (Å²) in [5.41, 5.74) is 2.87. The van der Waals surface area contributed by atoms with Crippen LogP contribution in [0.25, 0.3) is 17.0 Å². The molecule has 1 fully saturated rings. The van der Waals surface area contributed by atoms with Crippen molar-refractivity contribution in [2.75, 3.05) is 5.32 Å². The van der Waals surface area contributed by atoms with Crippen LogP contribution in [0.4, 0.5) is 10.5 Å². The van der Waals surface area contributed by atoms with Crippen molar-refractivity contribution in [1.29, 1.82) is 0 Å². The number of aryl methyl sites for hydroxylation is 1. The van der Waals surface area contributed by atoms with Crippen molar-refractivity contribution in [1.82, 2.24) is 14.8 Å². The lowest BCUT2D eigenvalue weighted by Gasteiger charge is -2.25. The van der Waals surface area contributed by atoms with E-state index in [0.717, 1.165) is 21.4 Å². The van der Waals surface area contributed by atoms with Crippen molar-refractivity contribution >= 4 is 46.4 Å². The Bertz CT molecular complexity index is 1530. The Hall–Kier alpha value is -4.92. The van der Waals surface area contributed by atoms with Crippen LogP contribution in [-0.4, -0.2) is 33.2 Å². The van der Waals surface area contributed by atoms with Crippen molar-refractivity contribution in [3.63, 3.8) is 0 Å². The zero-order valence-corrected chi connectivity index (χ0v) is 19.4. The number of carbonyl (C=O) groups is 4. The van der Waals surface area contributed by atoms with Gasteiger partial charge in [-0.15, -0.1) is 0 Å². The molecule has 2 aromatic carbocycles. The predicted octanol–water partition coefficient (Wildman–Crippen LogP) is 3.84. The Morgan fingerprint density at radius 1 is 1.06 bits per heavy atom. The van der Waals surface area contributed by atoms with Gasteiger partial charge in [0, 0.05) is 28.4 Å². The molecular weight excluding hydrogens is 460 g/mol. The number of para-hydroxylation sites is 1. The maximum Gasteiger partial charge on any atom is 0.331 e. The maximum atomic E-state index is 13.1. The first kappa shape index (κ1) is 22.9. The number of furan rings is 1. The topological polar surface area (TPSA) is 114 Å². The van der Waals surface area contributed by atoms with Crippen LogP contribution >= 0.6 is 0 Å². The van der Waals surface area contributed by atoms with Crippen LogP contribution in [0.2, 0.25) is 0 Å². The molecule has 5 amide bonds. The van der Waals surface area contributed by atoms with E-state index in [1.165, 1.54) is 12.3 Å². The largest absolute Gasteiger partial charge is 0.467 e. The van der Waals surface area contributed by atoms with Crippen molar-refractivity contribution in [3.8, 4) is 0 Å². The number of nitrogens with one attached hydrogen (secondary N) is 2. The summed E-state index contributed by atoms with van der Waals surface area (Å²) in [5, 5.41) is 5.85. The molecule has 0 aliphatic carbocycles. The summed E-state index contributed by atoms with van der Waals surface area (Å²) < 4.78 is 6.99. The molecule has 1 aliphatic heterocycles. The molecular formula is C27H22N4O5. The summed E-state index contributed by atoms with van der Waals surface area (Å²) in [6.07, 6.45) is 4.59. The van der Waals surface area contributed by atoms with Gasteiger partial charge in [0.25, 0.3) is 11.8 Å². The number of urea groups is 1. The molecule has 0 saturated carbocycles. The number of hydrogen-bond donors (Lipinski definition) is 2. The number of carbonyl (C=O) groups excluding carboxylic acids is 4. The van der Waals surface area contributed by atoms with Crippen molar-refractivity contribution < 1.29 is 23.6 Å². The molecule has 5 rings (SSSR count). The maximum absolute atomic E-state index is 13.1. The highest BCUT2D eigenvalue weighted by atomic mass is 16.3. The third kappa shape index (κ3) is 4.54. The molecule has 9 nitrogen and oxygen atoms in total. The second kappa shape index (κ2) is 9.38. The van der Waals surface area contributed by atoms with Crippen LogP contribution in [0, 0.1) is 6.92 Å². The number of hydrogen-bond acceptors (Lipinski definition) is 5. The summed E-state index contributed by atoms with van der Waals surface area (Å²) in [6, 6.07) is 17.3. The third-order valence-corrected chi connectivity index (χ3v) is 5.81. The van der Waals surface area contributed by atoms with E-state index in [1.54, 1.807) is 22.9 Å². The average molecular weight is 482 g/mol. The van der Waals surface area contributed by atoms with E-state index in [4.69, 9.17) is 4.42 Å². The van der Waals surface area contributed by atoms with Crippen LogP contribution in [0.3, 0.4) is 0 Å². The number of benzene rings is 2. The zero-order chi connectivity index (χ0) is 25.2. The van der Waals surface area contributed by atoms with Gasteiger partial charge in [0.15, 0.2) is 0 Å². The Morgan fingerprint density at radius 2 is 1.89 bits per heavy atom. The average Bonchev–Trinajstić information content (AvgIpc) is 3.48. The number of rotatable bonds is 6. The van der Waals surface area contributed by atoms with Crippen molar-refractivity contribution in [3.05, 3.63) is 95.6 Å². The van der Waals surface area contributed by atoms with Gasteiger partial charge in [0.2, 0.25) is 5.91 Å². The molecule has 4 aromatic rings. The number of nitrogens with zero attached hydrogens (tertiary/aromatic N) is 2. The number of amides is 5. The number of anilines is 1. The third-order valence-electron chi connectivity index (χ3n) is 5.81. The fourth-order valence-corrected chi connectivity index (χ4v) is 4.15. The van der Waals surface area contributed by atoms with E-state index < -0.39 is 17.8 Å². The minimum Gasteiger partial charge on any atom is -0.467 e.